The first-order valence-electron chi connectivity index (χ1n) is 12.2. The van der Waals surface area contributed by atoms with Gasteiger partial charge in [0.25, 0.3) is 5.91 Å². The van der Waals surface area contributed by atoms with Crippen molar-refractivity contribution in [1.29, 1.82) is 0 Å². The van der Waals surface area contributed by atoms with Crippen LogP contribution in [0.2, 0.25) is 0 Å². The number of amides is 2. The van der Waals surface area contributed by atoms with Crippen LogP contribution in [0.4, 0.5) is 5.69 Å². The fourth-order valence-corrected chi connectivity index (χ4v) is 4.69. The van der Waals surface area contributed by atoms with Crippen LogP contribution < -0.4 is 20.1 Å². The molecule has 0 atom stereocenters. The standard InChI is InChI=1S/C29H28N2O4.2H2/c1-18-2-10-23(15-24(18)20-5-7-21(8-6-20)27(32)30-16-19-3-4-19)31-28(33)29(12-13-29)22-9-11-25-26(14-22)35-17-34-25;;/h2,5-11,14-15,19H,3-4,12-13,16-17H2,1H3,(H,30,32)(H,31,33);2*1H. The Hall–Kier alpha value is -3.80. The molecule has 0 unspecified atom stereocenters. The van der Waals surface area contributed by atoms with Gasteiger partial charge in [-0.25, -0.2) is 0 Å². The summed E-state index contributed by atoms with van der Waals surface area (Å²) in [7, 11) is 0. The molecule has 2 saturated carbocycles. The fourth-order valence-electron chi connectivity index (χ4n) is 4.69. The van der Waals surface area contributed by atoms with Gasteiger partial charge in [0.1, 0.15) is 0 Å². The van der Waals surface area contributed by atoms with E-state index in [0.717, 1.165) is 53.1 Å². The summed E-state index contributed by atoms with van der Waals surface area (Å²) in [6.45, 7) is 3.03. The second-order valence-corrected chi connectivity index (χ2v) is 9.86. The number of carbonyl (C=O) groups is 2. The lowest BCUT2D eigenvalue weighted by atomic mass is 9.94. The number of hydrogen-bond donors (Lipinski definition) is 2. The summed E-state index contributed by atoms with van der Waals surface area (Å²) in [5.74, 6) is 2.04. The second kappa shape index (κ2) is 8.45. The molecule has 2 amide bonds. The summed E-state index contributed by atoms with van der Waals surface area (Å²) < 4.78 is 10.9. The molecule has 2 fully saturated rings. The van der Waals surface area contributed by atoms with Crippen molar-refractivity contribution in [2.45, 2.75) is 38.0 Å². The minimum atomic E-state index is -0.526. The SMILES string of the molecule is Cc1ccc(NC(=O)C2(c3ccc4c(c3)OCO4)CC2)cc1-c1ccc(C(=O)NCC2CC2)cc1.[HH].[HH]. The van der Waals surface area contributed by atoms with Crippen molar-refractivity contribution in [3.05, 3.63) is 77.4 Å². The Morgan fingerprint density at radius 1 is 0.971 bits per heavy atom. The molecule has 3 aromatic carbocycles. The number of carbonyl (C=O) groups excluding carboxylic acids is 2. The van der Waals surface area contributed by atoms with Gasteiger partial charge in [-0.05, 0) is 97.2 Å². The molecule has 2 aliphatic carbocycles. The summed E-state index contributed by atoms with van der Waals surface area (Å²) in [5, 5.41) is 6.14. The van der Waals surface area contributed by atoms with Crippen LogP contribution in [0.1, 0.15) is 50.0 Å². The maximum Gasteiger partial charge on any atom is 0.251 e. The van der Waals surface area contributed by atoms with Crippen LogP contribution in [0.3, 0.4) is 0 Å². The molecule has 0 bridgehead atoms. The molecule has 0 aromatic heterocycles. The van der Waals surface area contributed by atoms with Crippen LogP contribution in [-0.2, 0) is 10.2 Å². The molecule has 6 rings (SSSR count). The molecule has 3 aliphatic rings. The van der Waals surface area contributed by atoms with Crippen molar-refractivity contribution in [3.63, 3.8) is 0 Å². The Bertz CT molecular complexity index is 1320. The average Bonchev–Trinajstić information content (AvgIpc) is 3.81. The Kier molecular flexibility index (Phi) is 5.24. The van der Waals surface area contributed by atoms with Crippen molar-refractivity contribution in [2.75, 3.05) is 18.7 Å². The van der Waals surface area contributed by atoms with Crippen LogP contribution in [0, 0.1) is 12.8 Å². The van der Waals surface area contributed by atoms with E-state index in [-0.39, 0.29) is 21.5 Å². The van der Waals surface area contributed by atoms with Crippen LogP contribution in [0.5, 0.6) is 11.5 Å². The van der Waals surface area contributed by atoms with Crippen molar-refractivity contribution in [3.8, 4) is 22.6 Å². The molecule has 0 spiro atoms. The summed E-state index contributed by atoms with van der Waals surface area (Å²) in [6.07, 6.45) is 4.04. The third-order valence-corrected chi connectivity index (χ3v) is 7.31. The Morgan fingerprint density at radius 2 is 1.74 bits per heavy atom. The number of anilines is 1. The van der Waals surface area contributed by atoms with Gasteiger partial charge in [0, 0.05) is 20.6 Å². The normalized spacial score (nSPS) is 17.1. The number of benzene rings is 3. The minimum absolute atomic E-state index is 0. The lowest BCUT2D eigenvalue weighted by Crippen LogP contribution is -2.27. The van der Waals surface area contributed by atoms with Gasteiger partial charge in [-0.3, -0.25) is 9.59 Å². The lowest BCUT2D eigenvalue weighted by molar-refractivity contribution is -0.118. The van der Waals surface area contributed by atoms with Gasteiger partial charge >= 0.3 is 0 Å². The van der Waals surface area contributed by atoms with E-state index in [0.29, 0.717) is 17.2 Å². The van der Waals surface area contributed by atoms with Crippen LogP contribution >= 0.6 is 0 Å². The van der Waals surface area contributed by atoms with Gasteiger partial charge in [0.2, 0.25) is 12.7 Å². The van der Waals surface area contributed by atoms with Crippen molar-refractivity contribution in [2.24, 2.45) is 5.92 Å². The molecular formula is C29H32N2O4. The van der Waals surface area contributed by atoms with Crippen molar-refractivity contribution < 1.29 is 21.9 Å². The highest BCUT2D eigenvalue weighted by Gasteiger charge is 2.51. The van der Waals surface area contributed by atoms with E-state index in [4.69, 9.17) is 9.47 Å². The zero-order chi connectivity index (χ0) is 24.0. The molecule has 2 N–H and O–H groups in total. The molecule has 3 aromatic rings. The largest absolute Gasteiger partial charge is 0.454 e. The highest BCUT2D eigenvalue weighted by molar-refractivity contribution is 6.02. The number of nitrogens with one attached hydrogen (secondary N) is 2. The Balaban J connectivity index is 0.00000160. The summed E-state index contributed by atoms with van der Waals surface area (Å²) in [5.41, 5.74) is 4.99. The van der Waals surface area contributed by atoms with Crippen molar-refractivity contribution in [1.82, 2.24) is 5.32 Å². The highest BCUT2D eigenvalue weighted by Crippen LogP contribution is 2.51. The quantitative estimate of drug-likeness (QED) is 0.463. The van der Waals surface area contributed by atoms with Gasteiger partial charge in [-0.2, -0.15) is 0 Å². The monoisotopic (exact) mass is 472 g/mol. The summed E-state index contributed by atoms with van der Waals surface area (Å²) in [4.78, 5) is 25.7. The second-order valence-electron chi connectivity index (χ2n) is 9.86. The van der Waals surface area contributed by atoms with Gasteiger partial charge in [-0.15, -0.1) is 0 Å². The molecule has 6 nitrogen and oxygen atoms in total. The molecule has 1 aliphatic heterocycles. The highest BCUT2D eigenvalue weighted by atomic mass is 16.7. The van der Waals surface area contributed by atoms with E-state index in [1.54, 1.807) is 0 Å². The average molecular weight is 473 g/mol. The minimum Gasteiger partial charge on any atom is -0.454 e. The number of hydrogen-bond acceptors (Lipinski definition) is 4. The number of aryl methyl sites for hydroxylation is 1. The van der Waals surface area contributed by atoms with Gasteiger partial charge in [-0.1, -0.05) is 24.3 Å². The first kappa shape index (κ1) is 21.7. The van der Waals surface area contributed by atoms with E-state index in [9.17, 15) is 9.59 Å². The number of fused-ring (bicyclic) bond motifs is 1. The lowest BCUT2D eigenvalue weighted by Gasteiger charge is -2.17. The molecule has 0 saturated heterocycles. The molecule has 0 radical (unpaired) electrons. The van der Waals surface area contributed by atoms with Gasteiger partial charge in [0.05, 0.1) is 5.41 Å². The Morgan fingerprint density at radius 3 is 2.49 bits per heavy atom. The first-order chi connectivity index (χ1) is 17.0. The molecule has 35 heavy (non-hydrogen) atoms. The number of rotatable bonds is 7. The molecule has 1 heterocycles. The van der Waals surface area contributed by atoms with E-state index in [1.807, 2.05) is 67.6 Å². The van der Waals surface area contributed by atoms with E-state index in [2.05, 4.69) is 10.6 Å². The third-order valence-electron chi connectivity index (χ3n) is 7.31. The maximum absolute atomic E-state index is 13.3. The van der Waals surface area contributed by atoms with E-state index in [1.165, 1.54) is 12.8 Å². The van der Waals surface area contributed by atoms with E-state index >= 15 is 0 Å². The smallest absolute Gasteiger partial charge is 0.251 e. The van der Waals surface area contributed by atoms with Gasteiger partial charge < -0.3 is 20.1 Å². The zero-order valence-electron chi connectivity index (χ0n) is 19.7. The van der Waals surface area contributed by atoms with Crippen LogP contribution in [-0.4, -0.2) is 25.2 Å². The summed E-state index contributed by atoms with van der Waals surface area (Å²) in [6, 6.07) is 19.4. The summed E-state index contributed by atoms with van der Waals surface area (Å²) >= 11 is 0. The first-order valence-corrected chi connectivity index (χ1v) is 12.2. The zero-order valence-corrected chi connectivity index (χ0v) is 19.7. The van der Waals surface area contributed by atoms with Gasteiger partial charge in [0.15, 0.2) is 11.5 Å². The maximum atomic E-state index is 13.3. The predicted molar refractivity (Wildman–Crippen MR) is 138 cm³/mol. The fraction of sp³-hybridized carbons (Fsp3) is 0.310. The third kappa shape index (κ3) is 4.25. The molecular weight excluding hydrogens is 440 g/mol. The van der Waals surface area contributed by atoms with E-state index < -0.39 is 5.41 Å². The molecule has 182 valence electrons. The number of ether oxygens (including phenoxy) is 2. The molecule has 6 heteroatoms. The van der Waals surface area contributed by atoms with Crippen LogP contribution in [0.25, 0.3) is 11.1 Å². The van der Waals surface area contributed by atoms with Crippen LogP contribution in [0.15, 0.2) is 60.7 Å². The van der Waals surface area contributed by atoms with Crippen molar-refractivity contribution >= 4 is 17.5 Å². The Labute approximate surface area is 207 Å². The predicted octanol–water partition coefficient (Wildman–Crippen LogP) is 5.69. The topological polar surface area (TPSA) is 76.7 Å².